The molecular weight excluding hydrogens is 326 g/mol. The molecule has 3 nitrogen and oxygen atoms in total. The van der Waals surface area contributed by atoms with Gasteiger partial charge in [0.05, 0.1) is 6.61 Å². The number of halogens is 1. The lowest BCUT2D eigenvalue weighted by Gasteiger charge is -2.28. The van der Waals surface area contributed by atoms with Crippen molar-refractivity contribution in [2.45, 2.75) is 31.1 Å². The van der Waals surface area contributed by atoms with E-state index in [-0.39, 0.29) is 5.97 Å². The first kappa shape index (κ1) is 14.7. The lowest BCUT2D eigenvalue weighted by Crippen LogP contribution is -2.48. The van der Waals surface area contributed by atoms with Crippen LogP contribution in [0.2, 0.25) is 0 Å². The molecule has 0 saturated carbocycles. The molecule has 2 rings (SSSR count). The van der Waals surface area contributed by atoms with Gasteiger partial charge >= 0.3 is 5.97 Å². The molecule has 0 amide bonds. The summed E-state index contributed by atoms with van der Waals surface area (Å²) in [5.74, 6) is 0.609. The fraction of sp³-hybridized carbons (Fsp3) is 0.500. The molecule has 0 aliphatic carbocycles. The van der Waals surface area contributed by atoms with E-state index in [1.165, 1.54) is 0 Å². The van der Waals surface area contributed by atoms with Gasteiger partial charge in [-0.2, -0.15) is 11.8 Å². The normalized spacial score (nSPS) is 26.2. The van der Waals surface area contributed by atoms with E-state index in [4.69, 9.17) is 4.74 Å². The highest BCUT2D eigenvalue weighted by atomic mass is 79.9. The molecule has 1 N–H and O–H groups in total. The molecule has 1 aromatic rings. The van der Waals surface area contributed by atoms with Crippen molar-refractivity contribution in [3.05, 3.63) is 28.7 Å². The van der Waals surface area contributed by atoms with Crippen LogP contribution in [-0.4, -0.2) is 29.1 Å². The topological polar surface area (TPSA) is 38.3 Å². The fourth-order valence-electron chi connectivity index (χ4n) is 2.25. The smallest absolute Gasteiger partial charge is 0.332 e. The predicted molar refractivity (Wildman–Crippen MR) is 83.7 cm³/mol. The Morgan fingerprint density at radius 3 is 2.74 bits per heavy atom. The summed E-state index contributed by atoms with van der Waals surface area (Å²) in [5, 5.41) is 3.85. The maximum Gasteiger partial charge on any atom is 0.332 e. The summed E-state index contributed by atoms with van der Waals surface area (Å²) >= 11 is 5.22. The minimum atomic E-state index is -0.589. The third-order valence-corrected chi connectivity index (χ3v) is 5.07. The average molecular weight is 344 g/mol. The van der Waals surface area contributed by atoms with Crippen LogP contribution in [0.5, 0.6) is 0 Å². The molecule has 0 radical (unpaired) electrons. The highest BCUT2D eigenvalue weighted by molar-refractivity contribution is 9.10. The minimum Gasteiger partial charge on any atom is -0.464 e. The molecule has 0 spiro atoms. The van der Waals surface area contributed by atoms with Crippen LogP contribution in [0, 0.1) is 0 Å². The quantitative estimate of drug-likeness (QED) is 0.846. The second-order valence-corrected chi connectivity index (χ2v) is 7.10. The molecule has 0 bridgehead atoms. The summed E-state index contributed by atoms with van der Waals surface area (Å²) in [5.41, 5.74) is 0.361. The second-order valence-electron chi connectivity index (χ2n) is 4.76. The largest absolute Gasteiger partial charge is 0.464 e. The lowest BCUT2D eigenvalue weighted by molar-refractivity contribution is -0.147. The van der Waals surface area contributed by atoms with E-state index in [2.05, 4.69) is 28.2 Å². The van der Waals surface area contributed by atoms with E-state index in [9.17, 15) is 4.79 Å². The van der Waals surface area contributed by atoms with E-state index in [0.29, 0.717) is 11.9 Å². The predicted octanol–water partition coefficient (Wildman–Crippen LogP) is 3.69. The number of nitrogens with one attached hydrogen (secondary N) is 1. The van der Waals surface area contributed by atoms with Crippen LogP contribution in [0.25, 0.3) is 0 Å². The highest BCUT2D eigenvalue weighted by Crippen LogP contribution is 2.38. The van der Waals surface area contributed by atoms with E-state index in [0.717, 1.165) is 22.3 Å². The molecule has 19 heavy (non-hydrogen) atoms. The number of benzene rings is 1. The van der Waals surface area contributed by atoms with Crippen LogP contribution in [0.15, 0.2) is 28.7 Å². The van der Waals surface area contributed by atoms with Crippen LogP contribution in [0.4, 0.5) is 5.69 Å². The highest BCUT2D eigenvalue weighted by Gasteiger charge is 2.46. The number of rotatable bonds is 4. The molecule has 0 aromatic heterocycles. The number of hydrogen-bond acceptors (Lipinski definition) is 4. The molecular formula is C14H18BrNO2S. The molecule has 1 aromatic carbocycles. The standard InChI is InChI=1S/C14H18BrNO2S/c1-3-18-13(17)14(8-10(2)19-9-14)16-12-6-4-11(15)5-7-12/h4-7,10,16H,3,8-9H2,1-2H3. The Labute approximate surface area is 126 Å². The maximum atomic E-state index is 12.3. The monoisotopic (exact) mass is 343 g/mol. The van der Waals surface area contributed by atoms with E-state index in [1.54, 1.807) is 0 Å². The van der Waals surface area contributed by atoms with Gasteiger partial charge in [-0.3, -0.25) is 0 Å². The minimum absolute atomic E-state index is 0.144. The number of thioether (sulfide) groups is 1. The summed E-state index contributed by atoms with van der Waals surface area (Å²) in [7, 11) is 0. The van der Waals surface area contributed by atoms with Crippen molar-refractivity contribution < 1.29 is 9.53 Å². The van der Waals surface area contributed by atoms with Crippen LogP contribution in [0.1, 0.15) is 20.3 Å². The fourth-order valence-corrected chi connectivity index (χ4v) is 3.80. The zero-order chi connectivity index (χ0) is 13.9. The van der Waals surface area contributed by atoms with Gasteiger partial charge in [-0.05, 0) is 37.6 Å². The number of esters is 1. The summed E-state index contributed by atoms with van der Waals surface area (Å²) in [6.45, 7) is 4.41. The van der Waals surface area contributed by atoms with Crippen molar-refractivity contribution in [2.75, 3.05) is 17.7 Å². The Balaban J connectivity index is 2.19. The molecule has 1 fully saturated rings. The summed E-state index contributed by atoms with van der Waals surface area (Å²) in [6, 6.07) is 7.87. The maximum absolute atomic E-state index is 12.3. The van der Waals surface area contributed by atoms with Gasteiger partial charge in [0.1, 0.15) is 5.54 Å². The van der Waals surface area contributed by atoms with Crippen LogP contribution in [0.3, 0.4) is 0 Å². The number of carbonyl (C=O) groups excluding carboxylic acids is 1. The molecule has 1 saturated heterocycles. The third kappa shape index (κ3) is 3.45. The van der Waals surface area contributed by atoms with Gasteiger partial charge < -0.3 is 10.1 Å². The first-order valence-electron chi connectivity index (χ1n) is 6.38. The van der Waals surface area contributed by atoms with Gasteiger partial charge in [0.15, 0.2) is 0 Å². The SMILES string of the molecule is CCOC(=O)C1(Nc2ccc(Br)cc2)CSC(C)C1. The third-order valence-electron chi connectivity index (χ3n) is 3.14. The Morgan fingerprint density at radius 1 is 1.53 bits per heavy atom. The van der Waals surface area contributed by atoms with Crippen molar-refractivity contribution in [2.24, 2.45) is 0 Å². The van der Waals surface area contributed by atoms with E-state index >= 15 is 0 Å². The van der Waals surface area contributed by atoms with Gasteiger partial charge in [-0.25, -0.2) is 4.79 Å². The van der Waals surface area contributed by atoms with Crippen molar-refractivity contribution >= 4 is 39.3 Å². The summed E-state index contributed by atoms with van der Waals surface area (Å²) < 4.78 is 6.27. The van der Waals surface area contributed by atoms with Crippen molar-refractivity contribution in [3.63, 3.8) is 0 Å². The Bertz CT molecular complexity index is 451. The van der Waals surface area contributed by atoms with Crippen LogP contribution >= 0.6 is 27.7 Å². The first-order valence-corrected chi connectivity index (χ1v) is 8.22. The van der Waals surface area contributed by atoms with Gasteiger partial charge in [0, 0.05) is 21.2 Å². The molecule has 5 heteroatoms. The first-order chi connectivity index (χ1) is 9.05. The zero-order valence-electron chi connectivity index (χ0n) is 11.1. The van der Waals surface area contributed by atoms with E-state index in [1.807, 2.05) is 43.0 Å². The molecule has 1 aliphatic heterocycles. The second kappa shape index (κ2) is 6.18. The van der Waals surface area contributed by atoms with Crippen LogP contribution < -0.4 is 5.32 Å². The molecule has 1 heterocycles. The number of anilines is 1. The van der Waals surface area contributed by atoms with Gasteiger partial charge in [-0.15, -0.1) is 0 Å². The molecule has 1 aliphatic rings. The van der Waals surface area contributed by atoms with Crippen molar-refractivity contribution in [1.82, 2.24) is 0 Å². The lowest BCUT2D eigenvalue weighted by atomic mass is 9.95. The molecule has 2 atom stereocenters. The average Bonchev–Trinajstić information content (AvgIpc) is 2.75. The molecule has 104 valence electrons. The van der Waals surface area contributed by atoms with Gasteiger partial charge in [-0.1, -0.05) is 22.9 Å². The van der Waals surface area contributed by atoms with Crippen LogP contribution in [-0.2, 0) is 9.53 Å². The summed E-state index contributed by atoms with van der Waals surface area (Å²) in [4.78, 5) is 12.3. The molecule has 2 unspecified atom stereocenters. The number of carbonyl (C=O) groups is 1. The number of ether oxygens (including phenoxy) is 1. The van der Waals surface area contributed by atoms with Gasteiger partial charge in [0.25, 0.3) is 0 Å². The Morgan fingerprint density at radius 2 is 2.21 bits per heavy atom. The summed E-state index contributed by atoms with van der Waals surface area (Å²) in [6.07, 6.45) is 0.798. The Kier molecular flexibility index (Phi) is 4.79. The van der Waals surface area contributed by atoms with Crippen molar-refractivity contribution in [3.8, 4) is 0 Å². The number of hydrogen-bond donors (Lipinski definition) is 1. The van der Waals surface area contributed by atoms with E-state index < -0.39 is 5.54 Å². The zero-order valence-corrected chi connectivity index (χ0v) is 13.5. The van der Waals surface area contributed by atoms with Crippen molar-refractivity contribution in [1.29, 1.82) is 0 Å². The van der Waals surface area contributed by atoms with Gasteiger partial charge in [0.2, 0.25) is 0 Å². The Hall–Kier alpha value is -0.680.